The topological polar surface area (TPSA) is 85.7 Å². The maximum Gasteiger partial charge on any atom is 0.218 e. The molecule has 28 heavy (non-hydrogen) atoms. The minimum absolute atomic E-state index is 0.615. The minimum atomic E-state index is 0.615. The molecule has 0 unspecified atom stereocenters. The number of aryl methyl sites for hydroxylation is 2. The first-order valence-electron chi connectivity index (χ1n) is 8.88. The van der Waals surface area contributed by atoms with Gasteiger partial charge in [0.2, 0.25) is 5.88 Å². The van der Waals surface area contributed by atoms with Gasteiger partial charge >= 0.3 is 0 Å². The Hall–Kier alpha value is -3.05. The third-order valence-corrected chi connectivity index (χ3v) is 4.37. The van der Waals surface area contributed by atoms with Crippen LogP contribution in [-0.2, 0) is 6.54 Å². The van der Waals surface area contributed by atoms with Crippen LogP contribution in [0.15, 0.2) is 36.7 Å². The Morgan fingerprint density at radius 1 is 1.11 bits per heavy atom. The summed E-state index contributed by atoms with van der Waals surface area (Å²) in [6.07, 6.45) is 14.0. The van der Waals surface area contributed by atoms with Gasteiger partial charge in [0.1, 0.15) is 21.7 Å². The van der Waals surface area contributed by atoms with Crippen molar-refractivity contribution in [2.24, 2.45) is 5.92 Å². The second-order valence-corrected chi connectivity index (χ2v) is 7.25. The first kappa shape index (κ1) is 21.3. The predicted molar refractivity (Wildman–Crippen MR) is 111 cm³/mol. The number of hydrogen-bond acceptors (Lipinski definition) is 8. The van der Waals surface area contributed by atoms with Crippen LogP contribution in [-0.4, -0.2) is 31.8 Å². The average Bonchev–Trinajstić information content (AvgIpc) is 3.47. The first-order valence-corrected chi connectivity index (χ1v) is 9.70. The van der Waals surface area contributed by atoms with Gasteiger partial charge < -0.3 is 10.1 Å². The zero-order chi connectivity index (χ0) is 20.2. The van der Waals surface area contributed by atoms with Crippen molar-refractivity contribution in [2.75, 3.05) is 11.9 Å². The molecule has 8 heteroatoms. The highest BCUT2D eigenvalue weighted by Gasteiger charge is 2.22. The second-order valence-electron chi connectivity index (χ2n) is 5.99. The lowest BCUT2D eigenvalue weighted by molar-refractivity contribution is 0.287. The maximum atomic E-state index is 5.69. The van der Waals surface area contributed by atoms with Crippen LogP contribution in [0, 0.1) is 32.6 Å². The smallest absolute Gasteiger partial charge is 0.218 e. The molecule has 3 aromatic heterocycles. The fourth-order valence-corrected chi connectivity index (χ4v) is 2.73. The highest BCUT2D eigenvalue weighted by atomic mass is 32.1. The number of aromatic nitrogens is 5. The van der Waals surface area contributed by atoms with Crippen molar-refractivity contribution in [1.29, 1.82) is 0 Å². The quantitative estimate of drug-likeness (QED) is 0.636. The van der Waals surface area contributed by atoms with Crippen LogP contribution in [0.25, 0.3) is 0 Å². The molecule has 1 saturated carbocycles. The zero-order valence-corrected chi connectivity index (χ0v) is 16.9. The molecule has 7 nitrogen and oxygen atoms in total. The van der Waals surface area contributed by atoms with Gasteiger partial charge in [-0.3, -0.25) is 4.98 Å². The molecule has 0 spiro atoms. The number of anilines is 1. The summed E-state index contributed by atoms with van der Waals surface area (Å²) < 4.78 is 5.69. The van der Waals surface area contributed by atoms with E-state index in [0.717, 1.165) is 22.4 Å². The van der Waals surface area contributed by atoms with Crippen LogP contribution in [0.5, 0.6) is 5.88 Å². The molecule has 1 fully saturated rings. The standard InChI is InChI=1S/C13H17N5OS.C5H5N.C2H2/c1-8-15-11(14-6-13-18-17-9(2)20-13)5-12(16-8)19-7-10-3-4-10;1-2-4-6-5-3-1;1-2/h5,10H,3-4,6-7H2,1-2H3,(H,14,15,16);1-5H;1-2H. The Labute approximate surface area is 169 Å². The van der Waals surface area contributed by atoms with Crippen molar-refractivity contribution >= 4 is 17.2 Å². The molecule has 146 valence electrons. The van der Waals surface area contributed by atoms with E-state index in [1.165, 1.54) is 12.8 Å². The molecule has 0 amide bonds. The van der Waals surface area contributed by atoms with E-state index in [2.05, 4.69) is 43.3 Å². The van der Waals surface area contributed by atoms with E-state index in [1.807, 2.05) is 38.1 Å². The number of nitrogens with zero attached hydrogens (tertiary/aromatic N) is 5. The Kier molecular flexibility index (Phi) is 8.82. The van der Waals surface area contributed by atoms with E-state index in [0.29, 0.717) is 24.2 Å². The highest BCUT2D eigenvalue weighted by molar-refractivity contribution is 7.11. The van der Waals surface area contributed by atoms with Gasteiger partial charge in [0.25, 0.3) is 0 Å². The fraction of sp³-hybridized carbons (Fsp3) is 0.350. The summed E-state index contributed by atoms with van der Waals surface area (Å²) in [4.78, 5) is 12.4. The number of ether oxygens (including phenoxy) is 1. The van der Waals surface area contributed by atoms with Crippen molar-refractivity contribution in [3.05, 3.63) is 52.5 Å². The monoisotopic (exact) mass is 396 g/mol. The minimum Gasteiger partial charge on any atom is -0.477 e. The molecule has 3 aromatic rings. The van der Waals surface area contributed by atoms with Gasteiger partial charge in [0.05, 0.1) is 13.2 Å². The van der Waals surface area contributed by atoms with Crippen LogP contribution in [0.4, 0.5) is 5.82 Å². The molecule has 0 aromatic carbocycles. The van der Waals surface area contributed by atoms with Gasteiger partial charge in [-0.1, -0.05) is 17.4 Å². The van der Waals surface area contributed by atoms with Crippen molar-refractivity contribution < 1.29 is 4.74 Å². The lowest BCUT2D eigenvalue weighted by Gasteiger charge is -2.08. The van der Waals surface area contributed by atoms with E-state index in [1.54, 1.807) is 23.7 Å². The zero-order valence-electron chi connectivity index (χ0n) is 16.1. The summed E-state index contributed by atoms with van der Waals surface area (Å²) in [6.45, 7) is 5.18. The third-order valence-electron chi connectivity index (χ3n) is 3.53. The third kappa shape index (κ3) is 8.10. The van der Waals surface area contributed by atoms with E-state index >= 15 is 0 Å². The Balaban J connectivity index is 0.000000296. The number of rotatable bonds is 6. The van der Waals surface area contributed by atoms with Crippen LogP contribution in [0.2, 0.25) is 0 Å². The average molecular weight is 397 g/mol. The maximum absolute atomic E-state index is 5.69. The van der Waals surface area contributed by atoms with Gasteiger partial charge in [-0.25, -0.2) is 4.98 Å². The van der Waals surface area contributed by atoms with Crippen LogP contribution in [0.3, 0.4) is 0 Å². The summed E-state index contributed by atoms with van der Waals surface area (Å²) in [5.74, 6) is 2.82. The van der Waals surface area contributed by atoms with Crippen molar-refractivity contribution in [2.45, 2.75) is 33.2 Å². The number of nitrogens with one attached hydrogen (secondary N) is 1. The Morgan fingerprint density at radius 2 is 1.86 bits per heavy atom. The van der Waals surface area contributed by atoms with E-state index in [9.17, 15) is 0 Å². The fourth-order valence-electron chi connectivity index (χ4n) is 2.08. The molecule has 1 N–H and O–H groups in total. The number of terminal acetylenes is 1. The molecular formula is C20H24N6OS. The Bertz CT molecular complexity index is 821. The largest absolute Gasteiger partial charge is 0.477 e. The van der Waals surface area contributed by atoms with Gasteiger partial charge in [-0.15, -0.1) is 23.0 Å². The molecule has 4 rings (SSSR count). The van der Waals surface area contributed by atoms with Crippen LogP contribution >= 0.6 is 11.3 Å². The van der Waals surface area contributed by atoms with Crippen LogP contribution in [0.1, 0.15) is 28.7 Å². The summed E-state index contributed by atoms with van der Waals surface area (Å²) >= 11 is 1.58. The summed E-state index contributed by atoms with van der Waals surface area (Å²) in [5, 5.41) is 13.2. The number of hydrogen-bond donors (Lipinski definition) is 1. The van der Waals surface area contributed by atoms with E-state index in [4.69, 9.17) is 4.74 Å². The van der Waals surface area contributed by atoms with Crippen molar-refractivity contribution in [3.8, 4) is 18.7 Å². The molecule has 0 saturated heterocycles. The second kappa shape index (κ2) is 11.6. The normalized spacial score (nSPS) is 12.0. The molecule has 0 atom stereocenters. The van der Waals surface area contributed by atoms with Crippen LogP contribution < -0.4 is 10.1 Å². The molecule has 0 bridgehead atoms. The van der Waals surface area contributed by atoms with Crippen molar-refractivity contribution in [1.82, 2.24) is 25.1 Å². The van der Waals surface area contributed by atoms with Gasteiger partial charge in [-0.2, -0.15) is 4.98 Å². The molecule has 0 aliphatic heterocycles. The number of pyridine rings is 1. The first-order chi connectivity index (χ1) is 13.7. The van der Waals surface area contributed by atoms with E-state index < -0.39 is 0 Å². The molecule has 3 heterocycles. The van der Waals surface area contributed by atoms with E-state index in [-0.39, 0.29) is 0 Å². The lowest BCUT2D eigenvalue weighted by atomic mass is 10.4. The van der Waals surface area contributed by atoms with Crippen molar-refractivity contribution in [3.63, 3.8) is 0 Å². The Morgan fingerprint density at radius 3 is 2.39 bits per heavy atom. The van der Waals surface area contributed by atoms with Gasteiger partial charge in [0.15, 0.2) is 0 Å². The predicted octanol–water partition coefficient (Wildman–Crippen LogP) is 3.68. The molecule has 1 aliphatic rings. The molecule has 1 aliphatic carbocycles. The SMILES string of the molecule is C#C.Cc1nc(NCc2nnc(C)s2)cc(OCC2CC2)n1.c1ccncc1. The molecule has 0 radical (unpaired) electrons. The molecular weight excluding hydrogens is 372 g/mol. The highest BCUT2D eigenvalue weighted by Crippen LogP contribution is 2.29. The lowest BCUT2D eigenvalue weighted by Crippen LogP contribution is -2.06. The van der Waals surface area contributed by atoms with Gasteiger partial charge in [-0.05, 0) is 44.7 Å². The summed E-state index contributed by atoms with van der Waals surface area (Å²) in [7, 11) is 0. The summed E-state index contributed by atoms with van der Waals surface area (Å²) in [5.41, 5.74) is 0. The van der Waals surface area contributed by atoms with Gasteiger partial charge in [0, 0.05) is 18.5 Å². The summed E-state index contributed by atoms with van der Waals surface area (Å²) in [6, 6.07) is 7.55.